The lowest BCUT2D eigenvalue weighted by molar-refractivity contribution is 0.150. The summed E-state index contributed by atoms with van der Waals surface area (Å²) in [5, 5.41) is 0.671. The highest BCUT2D eigenvalue weighted by Gasteiger charge is 2.31. The predicted molar refractivity (Wildman–Crippen MR) is 78.9 cm³/mol. The smallest absolute Gasteiger partial charge is 0.0491 e. The molecule has 0 spiro atoms. The first-order chi connectivity index (χ1) is 8.65. The number of nitrogens with zero attached hydrogens (tertiary/aromatic N) is 2. The number of aromatic nitrogens is 1. The van der Waals surface area contributed by atoms with Gasteiger partial charge in [0.1, 0.15) is 0 Å². The molecular weight excluding hydrogens is 242 g/mol. The Hall–Kier alpha value is -0.580. The molecule has 100 valence electrons. The van der Waals surface area contributed by atoms with Gasteiger partial charge in [0.25, 0.3) is 0 Å². The van der Waals surface area contributed by atoms with Crippen LogP contribution in [0.5, 0.6) is 0 Å². The van der Waals surface area contributed by atoms with Gasteiger partial charge in [-0.05, 0) is 31.0 Å². The number of pyridine rings is 1. The first kappa shape index (κ1) is 13.8. The second-order valence-electron chi connectivity index (χ2n) is 5.04. The third kappa shape index (κ3) is 2.71. The fourth-order valence-electron chi connectivity index (χ4n) is 2.66. The van der Waals surface area contributed by atoms with E-state index in [9.17, 15) is 0 Å². The largest absolute Gasteiger partial charge is 0.329 e. The van der Waals surface area contributed by atoms with Crippen molar-refractivity contribution in [3.05, 3.63) is 29.6 Å². The number of rotatable bonds is 3. The van der Waals surface area contributed by atoms with Crippen LogP contribution < -0.4 is 5.73 Å². The molecule has 0 aliphatic carbocycles. The minimum Gasteiger partial charge on any atom is -0.329 e. The van der Waals surface area contributed by atoms with Crippen LogP contribution in [0.1, 0.15) is 31.0 Å². The van der Waals surface area contributed by atoms with Crippen molar-refractivity contribution in [1.82, 2.24) is 9.88 Å². The minimum atomic E-state index is 0.303. The second-order valence-corrected chi connectivity index (χ2v) is 6.52. The normalized spacial score (nSPS) is 27.1. The highest BCUT2D eigenvalue weighted by atomic mass is 32.2. The molecule has 1 aromatic heterocycles. The van der Waals surface area contributed by atoms with E-state index < -0.39 is 0 Å². The fraction of sp³-hybridized carbons (Fsp3) is 0.643. The lowest BCUT2D eigenvalue weighted by Gasteiger charge is -2.42. The van der Waals surface area contributed by atoms with Crippen LogP contribution >= 0.6 is 11.8 Å². The number of nitrogens with two attached hydrogens (primary N) is 1. The summed E-state index contributed by atoms with van der Waals surface area (Å²) in [5.41, 5.74) is 8.61. The van der Waals surface area contributed by atoms with E-state index in [1.54, 1.807) is 0 Å². The van der Waals surface area contributed by atoms with E-state index in [4.69, 9.17) is 5.73 Å². The molecule has 3 atom stereocenters. The second kappa shape index (κ2) is 6.04. The molecule has 18 heavy (non-hydrogen) atoms. The highest BCUT2D eigenvalue weighted by molar-refractivity contribution is 8.00. The molecule has 1 aliphatic rings. The topological polar surface area (TPSA) is 42.1 Å². The zero-order valence-electron chi connectivity index (χ0n) is 11.5. The molecule has 3 nitrogen and oxygen atoms in total. The van der Waals surface area contributed by atoms with Crippen molar-refractivity contribution in [3.8, 4) is 0 Å². The molecule has 1 saturated heterocycles. The maximum Gasteiger partial charge on any atom is 0.0491 e. The molecule has 1 fully saturated rings. The standard InChI is InChI=1S/C14H23N3S/c1-10-4-5-16-9-13(10)14(8-15)17-6-7-18-12(3)11(17)2/h4-5,9,11-12,14H,6-8,15H2,1-3H3. The van der Waals surface area contributed by atoms with Crippen LogP contribution in [-0.4, -0.2) is 40.0 Å². The number of thioether (sulfide) groups is 1. The van der Waals surface area contributed by atoms with Crippen molar-refractivity contribution in [2.24, 2.45) is 5.73 Å². The number of hydrogen-bond donors (Lipinski definition) is 1. The van der Waals surface area contributed by atoms with Gasteiger partial charge in [0.15, 0.2) is 0 Å². The summed E-state index contributed by atoms with van der Waals surface area (Å²) >= 11 is 2.06. The van der Waals surface area contributed by atoms with Gasteiger partial charge in [0.2, 0.25) is 0 Å². The molecule has 0 amide bonds. The highest BCUT2D eigenvalue weighted by Crippen LogP contribution is 2.32. The van der Waals surface area contributed by atoms with Crippen molar-refractivity contribution in [2.75, 3.05) is 18.8 Å². The summed E-state index contributed by atoms with van der Waals surface area (Å²) in [6.45, 7) is 8.55. The lowest BCUT2D eigenvalue weighted by atomic mass is 10.00. The van der Waals surface area contributed by atoms with Gasteiger partial charge in [0, 0.05) is 48.6 Å². The van der Waals surface area contributed by atoms with Crippen molar-refractivity contribution >= 4 is 11.8 Å². The van der Waals surface area contributed by atoms with Gasteiger partial charge in [-0.2, -0.15) is 11.8 Å². The van der Waals surface area contributed by atoms with Crippen molar-refractivity contribution in [1.29, 1.82) is 0 Å². The lowest BCUT2D eigenvalue weighted by Crippen LogP contribution is -2.48. The van der Waals surface area contributed by atoms with Crippen LogP contribution in [0.15, 0.2) is 18.5 Å². The maximum atomic E-state index is 6.04. The van der Waals surface area contributed by atoms with Gasteiger partial charge in [-0.25, -0.2) is 0 Å². The molecule has 0 radical (unpaired) electrons. The Balaban J connectivity index is 2.25. The van der Waals surface area contributed by atoms with Crippen molar-refractivity contribution in [2.45, 2.75) is 38.1 Å². The molecule has 2 rings (SSSR count). The third-order valence-electron chi connectivity index (χ3n) is 3.99. The quantitative estimate of drug-likeness (QED) is 0.910. The van der Waals surface area contributed by atoms with Crippen LogP contribution in [0.4, 0.5) is 0 Å². The zero-order chi connectivity index (χ0) is 13.1. The van der Waals surface area contributed by atoms with Crippen molar-refractivity contribution in [3.63, 3.8) is 0 Å². The van der Waals surface area contributed by atoms with Gasteiger partial charge in [-0.15, -0.1) is 0 Å². The van der Waals surface area contributed by atoms with Crippen LogP contribution in [0.25, 0.3) is 0 Å². The molecule has 2 heterocycles. The molecule has 0 bridgehead atoms. The van der Waals surface area contributed by atoms with Crippen molar-refractivity contribution < 1.29 is 0 Å². The summed E-state index contributed by atoms with van der Waals surface area (Å²) in [6, 6.07) is 2.94. The fourth-order valence-corrected chi connectivity index (χ4v) is 3.79. The van der Waals surface area contributed by atoms with Gasteiger partial charge in [-0.3, -0.25) is 9.88 Å². The SMILES string of the molecule is Cc1ccncc1C(CN)N1CCSC(C)C1C. The van der Waals surface area contributed by atoms with Gasteiger partial charge >= 0.3 is 0 Å². The van der Waals surface area contributed by atoms with Gasteiger partial charge in [-0.1, -0.05) is 6.92 Å². The van der Waals surface area contributed by atoms with Crippen LogP contribution in [0.3, 0.4) is 0 Å². The van der Waals surface area contributed by atoms with E-state index in [-0.39, 0.29) is 0 Å². The molecule has 0 aromatic carbocycles. The Morgan fingerprint density at radius 1 is 1.56 bits per heavy atom. The molecule has 4 heteroatoms. The van der Waals surface area contributed by atoms with Crippen LogP contribution in [-0.2, 0) is 0 Å². The molecule has 1 aromatic rings. The zero-order valence-corrected chi connectivity index (χ0v) is 12.3. The van der Waals surface area contributed by atoms with E-state index in [1.165, 1.54) is 16.9 Å². The average Bonchev–Trinajstić information content (AvgIpc) is 2.37. The first-order valence-corrected chi connectivity index (χ1v) is 7.68. The molecule has 0 saturated carbocycles. The first-order valence-electron chi connectivity index (χ1n) is 6.63. The molecule has 1 aliphatic heterocycles. The van der Waals surface area contributed by atoms with E-state index in [2.05, 4.69) is 48.5 Å². The predicted octanol–water partition coefficient (Wildman–Crippen LogP) is 2.22. The minimum absolute atomic E-state index is 0.303. The summed E-state index contributed by atoms with van der Waals surface area (Å²) < 4.78 is 0. The Bertz CT molecular complexity index is 396. The Kier molecular flexibility index (Phi) is 4.65. The van der Waals surface area contributed by atoms with E-state index >= 15 is 0 Å². The number of aryl methyl sites for hydroxylation is 1. The summed E-state index contributed by atoms with van der Waals surface area (Å²) in [4.78, 5) is 6.81. The summed E-state index contributed by atoms with van der Waals surface area (Å²) in [6.07, 6.45) is 3.83. The Morgan fingerprint density at radius 2 is 2.33 bits per heavy atom. The van der Waals surface area contributed by atoms with E-state index in [0.717, 1.165) is 6.54 Å². The summed E-state index contributed by atoms with van der Waals surface area (Å²) in [5.74, 6) is 1.20. The molecule has 2 N–H and O–H groups in total. The van der Waals surface area contributed by atoms with Gasteiger partial charge in [0.05, 0.1) is 0 Å². The van der Waals surface area contributed by atoms with Crippen LogP contribution in [0.2, 0.25) is 0 Å². The number of hydrogen-bond acceptors (Lipinski definition) is 4. The van der Waals surface area contributed by atoms with Crippen LogP contribution in [0, 0.1) is 6.92 Å². The van der Waals surface area contributed by atoms with E-state index in [0.29, 0.717) is 23.9 Å². The average molecular weight is 265 g/mol. The van der Waals surface area contributed by atoms with Gasteiger partial charge < -0.3 is 5.73 Å². The molecule has 3 unspecified atom stereocenters. The Morgan fingerprint density at radius 3 is 3.00 bits per heavy atom. The third-order valence-corrected chi connectivity index (χ3v) is 5.33. The maximum absolute atomic E-state index is 6.04. The van der Waals surface area contributed by atoms with E-state index in [1.807, 2.05) is 12.4 Å². The molecular formula is C14H23N3S. The summed E-state index contributed by atoms with van der Waals surface area (Å²) in [7, 11) is 0. The Labute approximate surface area is 114 Å². The monoisotopic (exact) mass is 265 g/mol.